The molecule has 2 aromatic carbocycles. The summed E-state index contributed by atoms with van der Waals surface area (Å²) < 4.78 is 83.7. The molecule has 0 amide bonds. The van der Waals surface area contributed by atoms with Gasteiger partial charge in [-0.3, -0.25) is 0 Å². The van der Waals surface area contributed by atoms with Crippen LogP contribution in [-0.4, -0.2) is 36.6 Å². The fourth-order valence-corrected chi connectivity index (χ4v) is 3.71. The van der Waals surface area contributed by atoms with E-state index >= 15 is 0 Å². The van der Waals surface area contributed by atoms with Gasteiger partial charge in [-0.2, -0.15) is 26.3 Å². The molecule has 1 N–H and O–H groups in total. The Balaban J connectivity index is 1.92. The van der Waals surface area contributed by atoms with Crippen LogP contribution < -0.4 is 4.90 Å². The summed E-state index contributed by atoms with van der Waals surface area (Å²) >= 11 is 0. The third kappa shape index (κ3) is 3.96. The fourth-order valence-electron chi connectivity index (χ4n) is 3.71. The number of rotatable bonds is 4. The minimum Gasteiger partial charge on any atom is -0.465 e. The molecular weight excluding hydrogens is 428 g/mol. The Bertz CT molecular complexity index is 955. The second kappa shape index (κ2) is 7.74. The zero-order valence-electron chi connectivity index (χ0n) is 16.5. The van der Waals surface area contributed by atoms with E-state index in [0.717, 1.165) is 11.6 Å². The summed E-state index contributed by atoms with van der Waals surface area (Å²) in [5.74, 6) is -0.499. The molecule has 0 bridgehead atoms. The van der Waals surface area contributed by atoms with Crippen molar-refractivity contribution < 1.29 is 41.0 Å². The predicted octanol–water partition coefficient (Wildman–Crippen LogP) is 4.74. The highest BCUT2D eigenvalue weighted by Crippen LogP contribution is 2.51. The lowest BCUT2D eigenvalue weighted by Gasteiger charge is -2.33. The first-order chi connectivity index (χ1) is 14.3. The van der Waals surface area contributed by atoms with Crippen LogP contribution in [-0.2, 0) is 23.3 Å². The number of ether oxygens (including phenoxy) is 1. The van der Waals surface area contributed by atoms with E-state index in [0.29, 0.717) is 23.9 Å². The summed E-state index contributed by atoms with van der Waals surface area (Å²) in [7, 11) is 1.26. The molecule has 3 rings (SSSR count). The monoisotopic (exact) mass is 447 g/mol. The normalized spacial score (nSPS) is 16.9. The molecule has 0 spiro atoms. The summed E-state index contributed by atoms with van der Waals surface area (Å²) in [6.45, 7) is 2.12. The summed E-state index contributed by atoms with van der Waals surface area (Å²) in [6, 6.07) is 8.92. The summed E-state index contributed by atoms with van der Waals surface area (Å²) in [6.07, 6.45) is -11.6. The van der Waals surface area contributed by atoms with Crippen LogP contribution in [0.4, 0.5) is 32.0 Å². The van der Waals surface area contributed by atoms with Crippen LogP contribution in [0.3, 0.4) is 0 Å². The van der Waals surface area contributed by atoms with E-state index in [-0.39, 0.29) is 18.0 Å². The Morgan fingerprint density at radius 3 is 2.16 bits per heavy atom. The van der Waals surface area contributed by atoms with Crippen LogP contribution in [0.25, 0.3) is 0 Å². The smallest absolute Gasteiger partial charge is 0.430 e. The van der Waals surface area contributed by atoms with Gasteiger partial charge in [0, 0.05) is 23.8 Å². The largest absolute Gasteiger partial charge is 0.465 e. The Kier molecular flexibility index (Phi) is 5.72. The number of methoxy groups -OCH3 is 1. The van der Waals surface area contributed by atoms with Crippen LogP contribution in [0, 0.1) is 0 Å². The van der Waals surface area contributed by atoms with Crippen molar-refractivity contribution >= 4 is 11.7 Å². The second-order valence-electron chi connectivity index (χ2n) is 7.42. The first kappa shape index (κ1) is 22.9. The average Bonchev–Trinajstić information content (AvgIpc) is 3.00. The molecule has 0 fully saturated rings. The van der Waals surface area contributed by atoms with Crippen molar-refractivity contribution in [3.8, 4) is 0 Å². The van der Waals surface area contributed by atoms with Crippen molar-refractivity contribution in [2.75, 3.05) is 12.0 Å². The third-order valence-corrected chi connectivity index (χ3v) is 5.40. The highest BCUT2D eigenvalue weighted by Gasteiger charge is 2.71. The highest BCUT2D eigenvalue weighted by atomic mass is 19.4. The van der Waals surface area contributed by atoms with Crippen molar-refractivity contribution in [2.45, 2.75) is 43.9 Å². The number of carbonyl (C=O) groups excluding carboxylic acids is 1. The molecule has 0 aliphatic carbocycles. The maximum atomic E-state index is 13.2. The van der Waals surface area contributed by atoms with Crippen LogP contribution in [0.5, 0.6) is 0 Å². The minimum atomic E-state index is -5.93. The first-order valence-electron chi connectivity index (χ1n) is 9.22. The van der Waals surface area contributed by atoms with E-state index in [1.807, 2.05) is 4.90 Å². The van der Waals surface area contributed by atoms with Gasteiger partial charge in [0.1, 0.15) is 0 Å². The first-order valence-corrected chi connectivity index (χ1v) is 9.22. The lowest BCUT2D eigenvalue weighted by Crippen LogP contribution is -2.53. The third-order valence-electron chi connectivity index (χ3n) is 5.40. The molecule has 4 nitrogen and oxygen atoms in total. The number of fused-ring (bicyclic) bond motifs is 1. The van der Waals surface area contributed by atoms with Gasteiger partial charge in [0.25, 0.3) is 5.60 Å². The highest BCUT2D eigenvalue weighted by molar-refractivity contribution is 5.89. The molecule has 0 radical (unpaired) electrons. The molecule has 0 saturated carbocycles. The Labute approximate surface area is 174 Å². The van der Waals surface area contributed by atoms with E-state index in [1.165, 1.54) is 13.2 Å². The Hall–Kier alpha value is -2.75. The van der Waals surface area contributed by atoms with Crippen molar-refractivity contribution in [3.05, 3.63) is 64.7 Å². The summed E-state index contributed by atoms with van der Waals surface area (Å²) in [4.78, 5) is 13.4. The molecule has 0 aromatic heterocycles. The lowest BCUT2D eigenvalue weighted by atomic mass is 9.90. The zero-order chi connectivity index (χ0) is 23.2. The predicted molar refractivity (Wildman–Crippen MR) is 99.6 cm³/mol. The Morgan fingerprint density at radius 1 is 1.06 bits per heavy atom. The molecule has 1 atom stereocenters. The molecule has 168 valence electrons. The fraction of sp³-hybridized carbons (Fsp3) is 0.381. The standard InChI is InChI=1S/C21H19F6NO3/c1-12-9-15-10-16(19(30,20(22,23)24)21(25,26)27)7-8-17(15)28(12)11-13-3-5-14(6-4-13)18(29)31-2/h3-8,10,12,30H,9,11H2,1-2H3. The van der Waals surface area contributed by atoms with Crippen LogP contribution in [0.2, 0.25) is 0 Å². The van der Waals surface area contributed by atoms with E-state index in [1.54, 1.807) is 31.2 Å². The zero-order valence-corrected chi connectivity index (χ0v) is 16.5. The SMILES string of the molecule is COC(=O)c1ccc(CN2c3ccc(C(O)(C(F)(F)F)C(F)(F)F)cc3CC2C)cc1. The number of anilines is 1. The summed E-state index contributed by atoms with van der Waals surface area (Å²) in [5, 5.41) is 9.64. The number of halogens is 6. The van der Waals surface area contributed by atoms with Crippen molar-refractivity contribution in [1.82, 2.24) is 0 Å². The molecule has 10 heteroatoms. The van der Waals surface area contributed by atoms with Gasteiger partial charge in [0.2, 0.25) is 0 Å². The minimum absolute atomic E-state index is 0.199. The number of benzene rings is 2. The van der Waals surface area contributed by atoms with Crippen molar-refractivity contribution in [1.29, 1.82) is 0 Å². The number of hydrogen-bond acceptors (Lipinski definition) is 4. The van der Waals surface area contributed by atoms with Crippen LogP contribution in [0.15, 0.2) is 42.5 Å². The molecule has 31 heavy (non-hydrogen) atoms. The van der Waals surface area contributed by atoms with E-state index in [2.05, 4.69) is 4.74 Å². The van der Waals surface area contributed by atoms with Gasteiger partial charge in [-0.05, 0) is 42.7 Å². The van der Waals surface area contributed by atoms with Crippen LogP contribution >= 0.6 is 0 Å². The van der Waals surface area contributed by atoms with E-state index in [4.69, 9.17) is 0 Å². The molecule has 0 saturated heterocycles. The molecule has 1 unspecified atom stereocenters. The van der Waals surface area contributed by atoms with Gasteiger partial charge in [0.05, 0.1) is 12.7 Å². The van der Waals surface area contributed by atoms with Crippen LogP contribution in [0.1, 0.15) is 34.0 Å². The van der Waals surface area contributed by atoms with Gasteiger partial charge in [-0.25, -0.2) is 4.79 Å². The van der Waals surface area contributed by atoms with Gasteiger partial charge in [-0.15, -0.1) is 0 Å². The number of nitrogens with zero attached hydrogens (tertiary/aromatic N) is 1. The maximum Gasteiger partial charge on any atom is 0.430 e. The lowest BCUT2D eigenvalue weighted by molar-refractivity contribution is -0.376. The topological polar surface area (TPSA) is 49.8 Å². The van der Waals surface area contributed by atoms with E-state index in [9.17, 15) is 36.2 Å². The van der Waals surface area contributed by atoms with Gasteiger partial charge >= 0.3 is 18.3 Å². The van der Waals surface area contributed by atoms with Gasteiger partial charge < -0.3 is 14.7 Å². The molecule has 1 aliphatic rings. The summed E-state index contributed by atoms with van der Waals surface area (Å²) in [5.41, 5.74) is -4.30. The molecule has 1 heterocycles. The number of hydrogen-bond donors (Lipinski definition) is 1. The second-order valence-corrected chi connectivity index (χ2v) is 7.42. The van der Waals surface area contributed by atoms with Crippen molar-refractivity contribution in [2.24, 2.45) is 0 Å². The van der Waals surface area contributed by atoms with Gasteiger partial charge in [0.15, 0.2) is 0 Å². The quantitative estimate of drug-likeness (QED) is 0.544. The molecule has 1 aliphatic heterocycles. The molecular formula is C21H19F6NO3. The Morgan fingerprint density at radius 2 is 1.65 bits per heavy atom. The van der Waals surface area contributed by atoms with Gasteiger partial charge in [-0.1, -0.05) is 24.3 Å². The molecule has 2 aromatic rings. The van der Waals surface area contributed by atoms with Crippen molar-refractivity contribution in [3.63, 3.8) is 0 Å². The number of carbonyl (C=O) groups is 1. The average molecular weight is 447 g/mol. The number of esters is 1. The number of aliphatic hydroxyl groups is 1. The van der Waals surface area contributed by atoms with E-state index < -0.39 is 29.5 Å². The number of alkyl halides is 6. The maximum absolute atomic E-state index is 13.2.